The molecule has 0 aromatic heterocycles. The highest BCUT2D eigenvalue weighted by Gasteiger charge is 2.26. The van der Waals surface area contributed by atoms with Gasteiger partial charge in [0.1, 0.15) is 0 Å². The first-order valence-electron chi connectivity index (χ1n) is 5.93. The van der Waals surface area contributed by atoms with E-state index in [1.807, 2.05) is 0 Å². The van der Waals surface area contributed by atoms with E-state index in [1.165, 1.54) is 25.7 Å². The second-order valence-electron chi connectivity index (χ2n) is 4.84. The van der Waals surface area contributed by atoms with E-state index in [0.717, 1.165) is 32.0 Å². The molecule has 3 nitrogen and oxygen atoms in total. The van der Waals surface area contributed by atoms with Gasteiger partial charge in [0.2, 0.25) is 0 Å². The first kappa shape index (κ1) is 16.5. The molecule has 16 heavy (non-hydrogen) atoms. The van der Waals surface area contributed by atoms with Crippen LogP contribution in [0.15, 0.2) is 0 Å². The molecular weight excluding hydrogens is 247 g/mol. The summed E-state index contributed by atoms with van der Waals surface area (Å²) in [7, 11) is 0. The molecule has 0 amide bonds. The minimum Gasteiger partial charge on any atom is -0.393 e. The van der Waals surface area contributed by atoms with Gasteiger partial charge in [-0.1, -0.05) is 0 Å². The van der Waals surface area contributed by atoms with Crippen molar-refractivity contribution in [1.82, 2.24) is 4.90 Å². The Kier molecular flexibility index (Phi) is 7.94. The lowest BCUT2D eigenvalue weighted by Gasteiger charge is -2.39. The molecule has 0 unspecified atom stereocenters. The van der Waals surface area contributed by atoms with E-state index in [4.69, 9.17) is 5.73 Å². The van der Waals surface area contributed by atoms with Gasteiger partial charge in [-0.15, -0.1) is 24.8 Å². The summed E-state index contributed by atoms with van der Waals surface area (Å²) in [4.78, 5) is 2.55. The third kappa shape index (κ3) is 4.38. The zero-order valence-electron chi connectivity index (χ0n) is 9.68. The van der Waals surface area contributed by atoms with Crippen LogP contribution in [0, 0.1) is 0 Å². The second-order valence-corrected chi connectivity index (χ2v) is 4.84. The highest BCUT2D eigenvalue weighted by molar-refractivity contribution is 5.85. The summed E-state index contributed by atoms with van der Waals surface area (Å²) in [5, 5.41) is 9.42. The maximum Gasteiger partial charge on any atom is 0.0564 e. The van der Waals surface area contributed by atoms with Crippen LogP contribution in [0.25, 0.3) is 0 Å². The average molecular weight is 271 g/mol. The highest BCUT2D eigenvalue weighted by Crippen LogP contribution is 2.24. The molecule has 0 aromatic carbocycles. The van der Waals surface area contributed by atoms with Crippen LogP contribution >= 0.6 is 24.8 Å². The normalized spacial score (nSPS) is 32.6. The van der Waals surface area contributed by atoms with Crippen LogP contribution < -0.4 is 5.73 Å². The van der Waals surface area contributed by atoms with Crippen molar-refractivity contribution in [2.45, 2.75) is 56.7 Å². The van der Waals surface area contributed by atoms with Crippen molar-refractivity contribution in [2.75, 3.05) is 13.1 Å². The summed E-state index contributed by atoms with van der Waals surface area (Å²) < 4.78 is 0. The van der Waals surface area contributed by atoms with Gasteiger partial charge >= 0.3 is 0 Å². The first-order valence-corrected chi connectivity index (χ1v) is 5.93. The Bertz CT molecular complexity index is 159. The number of piperidine rings is 1. The maximum absolute atomic E-state index is 9.42. The largest absolute Gasteiger partial charge is 0.393 e. The Labute approximate surface area is 111 Å². The van der Waals surface area contributed by atoms with Crippen LogP contribution in [0.2, 0.25) is 0 Å². The number of hydrogen-bond donors (Lipinski definition) is 2. The zero-order valence-corrected chi connectivity index (χ0v) is 11.3. The number of aliphatic hydroxyl groups excluding tert-OH is 1. The number of aliphatic hydroxyl groups is 1. The molecule has 1 heterocycles. The smallest absolute Gasteiger partial charge is 0.0564 e. The molecule has 1 aliphatic heterocycles. The van der Waals surface area contributed by atoms with Gasteiger partial charge in [0.15, 0.2) is 0 Å². The molecule has 0 radical (unpaired) electrons. The summed E-state index contributed by atoms with van der Waals surface area (Å²) in [6.07, 6.45) is 6.77. The molecule has 0 aromatic rings. The maximum atomic E-state index is 9.42. The molecule has 0 atom stereocenters. The van der Waals surface area contributed by atoms with Crippen LogP contribution in [0.3, 0.4) is 0 Å². The van der Waals surface area contributed by atoms with Gasteiger partial charge in [0.25, 0.3) is 0 Å². The average Bonchev–Trinajstić information content (AvgIpc) is 2.21. The molecule has 2 rings (SSSR count). The van der Waals surface area contributed by atoms with Gasteiger partial charge in [0, 0.05) is 25.2 Å². The van der Waals surface area contributed by atoms with Crippen molar-refractivity contribution in [2.24, 2.45) is 5.73 Å². The molecule has 98 valence electrons. The first-order chi connectivity index (χ1) is 6.75. The number of nitrogens with zero attached hydrogens (tertiary/aromatic N) is 1. The van der Waals surface area contributed by atoms with E-state index >= 15 is 0 Å². The molecule has 1 aliphatic carbocycles. The monoisotopic (exact) mass is 270 g/mol. The van der Waals surface area contributed by atoms with E-state index in [-0.39, 0.29) is 30.9 Å². The third-order valence-electron chi connectivity index (χ3n) is 3.76. The minimum absolute atomic E-state index is 0. The van der Waals surface area contributed by atoms with Crippen molar-refractivity contribution < 1.29 is 5.11 Å². The van der Waals surface area contributed by atoms with Crippen molar-refractivity contribution in [3.05, 3.63) is 0 Å². The fourth-order valence-electron chi connectivity index (χ4n) is 2.72. The highest BCUT2D eigenvalue weighted by atomic mass is 35.5. The molecule has 3 N–H and O–H groups in total. The molecule has 0 spiro atoms. The van der Waals surface area contributed by atoms with Crippen LogP contribution in [0.4, 0.5) is 0 Å². The van der Waals surface area contributed by atoms with Crippen molar-refractivity contribution in [1.29, 1.82) is 0 Å². The van der Waals surface area contributed by atoms with Crippen LogP contribution in [0.1, 0.15) is 38.5 Å². The standard InChI is InChI=1S/C11H22N2O.2ClH/c12-9-1-3-10(4-2-9)13-7-5-11(14)6-8-13;;/h9-11,14H,1-8,12H2;2*1H. The lowest BCUT2D eigenvalue weighted by Crippen LogP contribution is -2.45. The number of rotatable bonds is 1. The van der Waals surface area contributed by atoms with E-state index in [9.17, 15) is 5.11 Å². The van der Waals surface area contributed by atoms with Crippen LogP contribution in [0.5, 0.6) is 0 Å². The molecule has 1 saturated carbocycles. The van der Waals surface area contributed by atoms with Gasteiger partial charge in [-0.05, 0) is 38.5 Å². The second kappa shape index (κ2) is 7.72. The predicted octanol–water partition coefficient (Wildman–Crippen LogP) is 1.56. The zero-order chi connectivity index (χ0) is 9.97. The van der Waals surface area contributed by atoms with Gasteiger partial charge in [-0.2, -0.15) is 0 Å². The van der Waals surface area contributed by atoms with Gasteiger partial charge in [-0.25, -0.2) is 0 Å². The summed E-state index contributed by atoms with van der Waals surface area (Å²) in [5.41, 5.74) is 5.89. The fourth-order valence-corrected chi connectivity index (χ4v) is 2.72. The Morgan fingerprint density at radius 3 is 1.88 bits per heavy atom. The van der Waals surface area contributed by atoms with Gasteiger partial charge in [-0.3, -0.25) is 0 Å². The molecular formula is C11H24Cl2N2O. The fraction of sp³-hybridized carbons (Fsp3) is 1.00. The van der Waals surface area contributed by atoms with E-state index in [0.29, 0.717) is 6.04 Å². The Balaban J connectivity index is 0.00000112. The lowest BCUT2D eigenvalue weighted by atomic mass is 9.89. The van der Waals surface area contributed by atoms with Crippen LogP contribution in [-0.2, 0) is 0 Å². The molecule has 1 saturated heterocycles. The Hall–Kier alpha value is 0.460. The number of hydrogen-bond acceptors (Lipinski definition) is 3. The third-order valence-corrected chi connectivity index (χ3v) is 3.76. The predicted molar refractivity (Wildman–Crippen MR) is 71.5 cm³/mol. The number of nitrogens with two attached hydrogens (primary N) is 1. The molecule has 0 bridgehead atoms. The number of likely N-dealkylation sites (tertiary alicyclic amines) is 1. The SMILES string of the molecule is Cl.Cl.NC1CCC(N2CCC(O)CC2)CC1. The molecule has 2 aliphatic rings. The van der Waals surface area contributed by atoms with Crippen molar-refractivity contribution in [3.8, 4) is 0 Å². The quantitative estimate of drug-likeness (QED) is 0.761. The lowest BCUT2D eigenvalue weighted by molar-refractivity contribution is 0.0489. The van der Waals surface area contributed by atoms with Gasteiger partial charge in [0.05, 0.1) is 6.10 Å². The molecule has 5 heteroatoms. The Morgan fingerprint density at radius 1 is 0.875 bits per heavy atom. The number of halogens is 2. The van der Waals surface area contributed by atoms with Crippen molar-refractivity contribution >= 4 is 24.8 Å². The Morgan fingerprint density at radius 2 is 1.38 bits per heavy atom. The minimum atomic E-state index is -0.0444. The van der Waals surface area contributed by atoms with Crippen molar-refractivity contribution in [3.63, 3.8) is 0 Å². The van der Waals surface area contributed by atoms with E-state index in [2.05, 4.69) is 4.90 Å². The van der Waals surface area contributed by atoms with Crippen LogP contribution in [-0.4, -0.2) is 41.3 Å². The van der Waals surface area contributed by atoms with E-state index in [1.54, 1.807) is 0 Å². The summed E-state index contributed by atoms with van der Waals surface area (Å²) in [6.45, 7) is 2.17. The summed E-state index contributed by atoms with van der Waals surface area (Å²) >= 11 is 0. The van der Waals surface area contributed by atoms with Gasteiger partial charge < -0.3 is 15.7 Å². The van der Waals surface area contributed by atoms with E-state index < -0.39 is 0 Å². The summed E-state index contributed by atoms with van der Waals surface area (Å²) in [6, 6.07) is 1.20. The topological polar surface area (TPSA) is 49.5 Å². The summed E-state index contributed by atoms with van der Waals surface area (Å²) in [5.74, 6) is 0. The molecule has 2 fully saturated rings.